The molecule has 28 heavy (non-hydrogen) atoms. The lowest BCUT2D eigenvalue weighted by Gasteiger charge is -2.22. The summed E-state index contributed by atoms with van der Waals surface area (Å²) in [5.74, 6) is 3.47. The molecule has 1 aliphatic heterocycles. The van der Waals surface area contributed by atoms with E-state index >= 15 is 0 Å². The maximum atomic E-state index is 5.50. The number of anilines is 1. The summed E-state index contributed by atoms with van der Waals surface area (Å²) in [5, 5.41) is 15.1. The molecule has 0 amide bonds. The molecule has 1 fully saturated rings. The van der Waals surface area contributed by atoms with E-state index in [1.54, 1.807) is 7.11 Å². The fourth-order valence-electron chi connectivity index (χ4n) is 3.24. The van der Waals surface area contributed by atoms with Crippen LogP contribution < -0.4 is 20.3 Å². The van der Waals surface area contributed by atoms with Crippen LogP contribution in [0.1, 0.15) is 25.0 Å². The summed E-state index contributed by atoms with van der Waals surface area (Å²) in [4.78, 5) is 7.03. The second-order valence-corrected chi connectivity index (χ2v) is 6.67. The molecule has 2 N–H and O–H groups in total. The van der Waals surface area contributed by atoms with Crippen molar-refractivity contribution in [1.82, 2.24) is 25.4 Å². The van der Waals surface area contributed by atoms with E-state index in [1.807, 2.05) is 36.7 Å². The van der Waals surface area contributed by atoms with E-state index in [2.05, 4.69) is 43.7 Å². The number of aryl methyl sites for hydroxylation is 1. The van der Waals surface area contributed by atoms with E-state index in [-0.39, 0.29) is 24.0 Å². The molecule has 1 aromatic carbocycles. The van der Waals surface area contributed by atoms with Crippen molar-refractivity contribution >= 4 is 35.6 Å². The van der Waals surface area contributed by atoms with Gasteiger partial charge in [-0.25, -0.2) is 4.99 Å². The van der Waals surface area contributed by atoms with E-state index in [0.29, 0.717) is 12.6 Å². The maximum absolute atomic E-state index is 5.50. The average molecular weight is 499 g/mol. The molecule has 3 rings (SSSR count). The first-order chi connectivity index (χ1) is 13.1. The Morgan fingerprint density at radius 1 is 1.32 bits per heavy atom. The molecule has 2 heterocycles. The van der Waals surface area contributed by atoms with E-state index in [4.69, 9.17) is 4.74 Å². The number of guanidine groups is 1. The van der Waals surface area contributed by atoms with Crippen LogP contribution in [0.25, 0.3) is 0 Å². The van der Waals surface area contributed by atoms with Crippen molar-refractivity contribution < 1.29 is 4.74 Å². The first kappa shape index (κ1) is 22.3. The molecule has 1 aromatic heterocycles. The Balaban J connectivity index is 0.00000280. The molecule has 1 saturated heterocycles. The van der Waals surface area contributed by atoms with Gasteiger partial charge in [-0.1, -0.05) is 12.1 Å². The summed E-state index contributed by atoms with van der Waals surface area (Å²) < 4.78 is 7.46. The highest BCUT2D eigenvalue weighted by Crippen LogP contribution is 2.30. The predicted molar refractivity (Wildman–Crippen MR) is 123 cm³/mol. The van der Waals surface area contributed by atoms with Gasteiger partial charge in [0.05, 0.1) is 12.8 Å². The lowest BCUT2D eigenvalue weighted by molar-refractivity contribution is 0.415. The van der Waals surface area contributed by atoms with Gasteiger partial charge in [0.1, 0.15) is 18.1 Å². The fraction of sp³-hybridized carbons (Fsp3) is 0.526. The van der Waals surface area contributed by atoms with Crippen LogP contribution in [0.15, 0.2) is 29.3 Å². The van der Waals surface area contributed by atoms with Gasteiger partial charge in [-0.3, -0.25) is 0 Å². The lowest BCUT2D eigenvalue weighted by atomic mass is 10.2. The van der Waals surface area contributed by atoms with Crippen LogP contribution in [0.2, 0.25) is 0 Å². The van der Waals surface area contributed by atoms with Gasteiger partial charge in [-0.05, 0) is 32.4 Å². The molecule has 8 nitrogen and oxygen atoms in total. The number of aromatic nitrogens is 3. The summed E-state index contributed by atoms with van der Waals surface area (Å²) in [7, 11) is 3.68. The number of nitrogens with zero attached hydrogens (tertiary/aromatic N) is 5. The Kier molecular flexibility index (Phi) is 8.34. The molecular weight excluding hydrogens is 469 g/mol. The number of halogens is 1. The van der Waals surface area contributed by atoms with Crippen molar-refractivity contribution in [2.45, 2.75) is 32.9 Å². The molecule has 0 aliphatic carbocycles. The van der Waals surface area contributed by atoms with Crippen molar-refractivity contribution in [3.05, 3.63) is 35.9 Å². The van der Waals surface area contributed by atoms with Crippen LogP contribution in [0.4, 0.5) is 5.69 Å². The number of hydrogen-bond donors (Lipinski definition) is 2. The van der Waals surface area contributed by atoms with Crippen LogP contribution in [0, 0.1) is 6.92 Å². The Hall–Kier alpha value is -2.04. The zero-order valence-electron chi connectivity index (χ0n) is 17.0. The quantitative estimate of drug-likeness (QED) is 0.360. The first-order valence-electron chi connectivity index (χ1n) is 9.40. The summed E-state index contributed by atoms with van der Waals surface area (Å²) in [6.07, 6.45) is 1.05. The standard InChI is InChI=1S/C19H29N7O.HI/c1-5-20-19(21-12-18-24-23-14(2)25(18)3)22-15-10-11-26(13-15)16-8-6-7-9-17(16)27-4;/h6-9,15H,5,10-13H2,1-4H3,(H2,20,21,22);1H. The molecule has 2 aromatic rings. The summed E-state index contributed by atoms with van der Waals surface area (Å²) >= 11 is 0. The Bertz CT molecular complexity index is 792. The largest absolute Gasteiger partial charge is 0.495 e. The molecule has 0 saturated carbocycles. The van der Waals surface area contributed by atoms with E-state index in [1.165, 1.54) is 0 Å². The Labute approximate surface area is 183 Å². The third-order valence-electron chi connectivity index (χ3n) is 4.86. The van der Waals surface area contributed by atoms with Crippen LogP contribution >= 0.6 is 24.0 Å². The number of benzene rings is 1. The van der Waals surface area contributed by atoms with Gasteiger partial charge < -0.3 is 24.8 Å². The van der Waals surface area contributed by atoms with Gasteiger partial charge in [0, 0.05) is 32.7 Å². The highest BCUT2D eigenvalue weighted by Gasteiger charge is 2.25. The minimum Gasteiger partial charge on any atom is -0.495 e. The molecular formula is C19H30IN7O. The average Bonchev–Trinajstić information content (AvgIpc) is 3.27. The highest BCUT2D eigenvalue weighted by molar-refractivity contribution is 14.0. The number of ether oxygens (including phenoxy) is 1. The predicted octanol–water partition coefficient (Wildman–Crippen LogP) is 2.08. The van der Waals surface area contributed by atoms with Crippen molar-refractivity contribution in [2.24, 2.45) is 12.0 Å². The van der Waals surface area contributed by atoms with Crippen LogP contribution in [0.3, 0.4) is 0 Å². The molecule has 154 valence electrons. The SMILES string of the molecule is CCNC(=NCc1nnc(C)n1C)NC1CCN(c2ccccc2OC)C1.I. The lowest BCUT2D eigenvalue weighted by Crippen LogP contribution is -2.44. The smallest absolute Gasteiger partial charge is 0.191 e. The van der Waals surface area contributed by atoms with Crippen LogP contribution in [0.5, 0.6) is 5.75 Å². The Morgan fingerprint density at radius 2 is 2.11 bits per heavy atom. The summed E-state index contributed by atoms with van der Waals surface area (Å²) in [5.41, 5.74) is 1.14. The molecule has 1 atom stereocenters. The van der Waals surface area contributed by atoms with Crippen LogP contribution in [-0.4, -0.2) is 53.5 Å². The third-order valence-corrected chi connectivity index (χ3v) is 4.86. The van der Waals surface area contributed by atoms with Gasteiger partial charge in [-0.15, -0.1) is 34.2 Å². The second kappa shape index (κ2) is 10.5. The van der Waals surface area contributed by atoms with Crippen molar-refractivity contribution in [3.8, 4) is 5.75 Å². The van der Waals surface area contributed by atoms with Gasteiger partial charge in [-0.2, -0.15) is 0 Å². The van der Waals surface area contributed by atoms with Crippen molar-refractivity contribution in [3.63, 3.8) is 0 Å². The molecule has 9 heteroatoms. The number of hydrogen-bond acceptors (Lipinski definition) is 5. The van der Waals surface area contributed by atoms with Gasteiger partial charge in [0.25, 0.3) is 0 Å². The molecule has 0 bridgehead atoms. The number of para-hydroxylation sites is 2. The molecule has 1 aliphatic rings. The van der Waals surface area contributed by atoms with E-state index in [0.717, 1.165) is 55.1 Å². The zero-order valence-corrected chi connectivity index (χ0v) is 19.3. The normalized spacial score (nSPS) is 16.6. The molecule has 0 spiro atoms. The Morgan fingerprint density at radius 3 is 2.79 bits per heavy atom. The van der Waals surface area contributed by atoms with Gasteiger partial charge in [0.15, 0.2) is 11.8 Å². The van der Waals surface area contributed by atoms with E-state index in [9.17, 15) is 0 Å². The first-order valence-corrected chi connectivity index (χ1v) is 9.40. The van der Waals surface area contributed by atoms with Crippen molar-refractivity contribution in [2.75, 3.05) is 31.6 Å². The maximum Gasteiger partial charge on any atom is 0.191 e. The van der Waals surface area contributed by atoms with E-state index < -0.39 is 0 Å². The molecule has 1 unspecified atom stereocenters. The van der Waals surface area contributed by atoms with Gasteiger partial charge in [0.2, 0.25) is 0 Å². The molecule has 0 radical (unpaired) electrons. The topological polar surface area (TPSA) is 79.6 Å². The number of methoxy groups -OCH3 is 1. The van der Waals surface area contributed by atoms with Crippen LogP contribution in [-0.2, 0) is 13.6 Å². The van der Waals surface area contributed by atoms with Crippen molar-refractivity contribution in [1.29, 1.82) is 0 Å². The number of rotatable bonds is 6. The summed E-state index contributed by atoms with van der Waals surface area (Å²) in [6, 6.07) is 8.49. The number of aliphatic imine (C=N–C) groups is 1. The minimum absolute atomic E-state index is 0. The zero-order chi connectivity index (χ0) is 19.2. The van der Waals surface area contributed by atoms with Gasteiger partial charge >= 0.3 is 0 Å². The highest BCUT2D eigenvalue weighted by atomic mass is 127. The summed E-state index contributed by atoms with van der Waals surface area (Å²) in [6.45, 7) is 7.21. The monoisotopic (exact) mass is 499 g/mol. The second-order valence-electron chi connectivity index (χ2n) is 6.67. The fourth-order valence-corrected chi connectivity index (χ4v) is 3.24. The minimum atomic E-state index is 0. The number of nitrogens with one attached hydrogen (secondary N) is 2. The third kappa shape index (κ3) is 5.27.